The van der Waals surface area contributed by atoms with Crippen molar-refractivity contribution in [1.29, 1.82) is 0 Å². The molecule has 6 nitrogen and oxygen atoms in total. The van der Waals surface area contributed by atoms with Crippen LogP contribution < -0.4 is 11.3 Å². The lowest BCUT2D eigenvalue weighted by Gasteiger charge is -2.26. The Hall–Kier alpha value is -2.39. The molecule has 4 rings (SSSR count). The van der Waals surface area contributed by atoms with Crippen molar-refractivity contribution < 1.29 is 13.2 Å². The summed E-state index contributed by atoms with van der Waals surface area (Å²) >= 11 is 5.86. The quantitative estimate of drug-likeness (QED) is 0.716. The molecule has 2 heterocycles. The third kappa shape index (κ3) is 2.89. The molecule has 10 heteroatoms. The Bertz CT molecular complexity index is 1140. The zero-order valence-electron chi connectivity index (χ0n) is 15.1. The molecule has 2 aromatic heterocycles. The van der Waals surface area contributed by atoms with Crippen molar-refractivity contribution in [2.75, 3.05) is 0 Å². The number of fused-ring (bicyclic) bond motifs is 1. The fourth-order valence-corrected chi connectivity index (χ4v) is 3.76. The van der Waals surface area contributed by atoms with Crippen molar-refractivity contribution in [3.63, 3.8) is 0 Å². The van der Waals surface area contributed by atoms with Gasteiger partial charge in [-0.15, -0.1) is 0 Å². The number of rotatable bonds is 3. The molecule has 3 aromatic rings. The van der Waals surface area contributed by atoms with E-state index in [4.69, 9.17) is 17.3 Å². The molecule has 148 valence electrons. The monoisotopic (exact) mass is 411 g/mol. The number of halogens is 4. The molecule has 0 unspecified atom stereocenters. The summed E-state index contributed by atoms with van der Waals surface area (Å²) in [5.41, 5.74) is 5.32. The molecule has 28 heavy (non-hydrogen) atoms. The highest BCUT2D eigenvalue weighted by Crippen LogP contribution is 2.38. The lowest BCUT2D eigenvalue weighted by Crippen LogP contribution is -2.37. The molecule has 0 saturated heterocycles. The second-order valence-corrected chi connectivity index (χ2v) is 7.66. The highest BCUT2D eigenvalue weighted by atomic mass is 35.5. The molecule has 0 amide bonds. The molecule has 1 fully saturated rings. The Morgan fingerprint density at radius 3 is 2.50 bits per heavy atom. The van der Waals surface area contributed by atoms with Gasteiger partial charge in [0.25, 0.3) is 5.56 Å². The van der Waals surface area contributed by atoms with Gasteiger partial charge in [0, 0.05) is 13.1 Å². The van der Waals surface area contributed by atoms with Crippen LogP contribution in [-0.4, -0.2) is 19.3 Å². The van der Waals surface area contributed by atoms with Crippen LogP contribution in [0.25, 0.3) is 11.0 Å². The number of alkyl halides is 3. The smallest absolute Gasteiger partial charge is 0.317 e. The van der Waals surface area contributed by atoms with Crippen LogP contribution in [0.2, 0.25) is 5.02 Å². The molecule has 0 aliphatic heterocycles. The number of hydrogen-bond donors (Lipinski definition) is 1. The molecule has 1 saturated carbocycles. The normalized spacial score (nSPS) is 17.1. The second-order valence-electron chi connectivity index (χ2n) is 7.25. The second kappa shape index (κ2) is 6.05. The summed E-state index contributed by atoms with van der Waals surface area (Å²) in [7, 11) is 1.62. The van der Waals surface area contributed by atoms with E-state index in [0.717, 1.165) is 18.9 Å². The number of aromatic nitrogens is 4. The first-order valence-corrected chi connectivity index (χ1v) is 9.00. The molecule has 0 radical (unpaired) electrons. The van der Waals surface area contributed by atoms with E-state index in [0.29, 0.717) is 16.8 Å². The van der Waals surface area contributed by atoms with Gasteiger partial charge in [0.2, 0.25) is 0 Å². The van der Waals surface area contributed by atoms with E-state index in [1.54, 1.807) is 18.5 Å². The molecular weight excluding hydrogens is 395 g/mol. The minimum atomic E-state index is -4.56. The lowest BCUT2D eigenvalue weighted by atomic mass is 9.88. The number of nitrogens with two attached hydrogens (primary N) is 1. The summed E-state index contributed by atoms with van der Waals surface area (Å²) in [5, 5.41) is 3.84. The van der Waals surface area contributed by atoms with Gasteiger partial charge in [-0.2, -0.15) is 18.3 Å². The minimum absolute atomic E-state index is 0.146. The first-order valence-electron chi connectivity index (χ1n) is 8.62. The largest absolute Gasteiger partial charge is 0.417 e. The summed E-state index contributed by atoms with van der Waals surface area (Å²) in [6.45, 7) is 1.62. The maximum Gasteiger partial charge on any atom is 0.417 e. The Morgan fingerprint density at radius 1 is 1.25 bits per heavy atom. The van der Waals surface area contributed by atoms with Crippen molar-refractivity contribution in [2.45, 2.75) is 37.5 Å². The van der Waals surface area contributed by atoms with Gasteiger partial charge in [-0.1, -0.05) is 17.7 Å². The van der Waals surface area contributed by atoms with Gasteiger partial charge in [-0.25, -0.2) is 4.98 Å². The van der Waals surface area contributed by atoms with E-state index in [2.05, 4.69) is 10.1 Å². The van der Waals surface area contributed by atoms with Gasteiger partial charge in [0.15, 0.2) is 5.52 Å². The van der Waals surface area contributed by atoms with E-state index in [1.807, 2.05) is 0 Å². The molecule has 0 bridgehead atoms. The van der Waals surface area contributed by atoms with Crippen molar-refractivity contribution in [1.82, 2.24) is 19.3 Å². The predicted molar refractivity (Wildman–Crippen MR) is 98.1 cm³/mol. The molecule has 1 aromatic carbocycles. The molecule has 1 aliphatic carbocycles. The van der Waals surface area contributed by atoms with Crippen LogP contribution in [0.15, 0.2) is 29.3 Å². The predicted octanol–water partition coefficient (Wildman–Crippen LogP) is 3.36. The van der Waals surface area contributed by atoms with E-state index in [9.17, 15) is 18.0 Å². The fourth-order valence-electron chi connectivity index (χ4n) is 3.47. The van der Waals surface area contributed by atoms with E-state index in [-0.39, 0.29) is 17.1 Å². The van der Waals surface area contributed by atoms with Crippen LogP contribution in [0, 0.1) is 0 Å². The molecule has 0 spiro atoms. The Morgan fingerprint density at radius 2 is 1.93 bits per heavy atom. The Balaban J connectivity index is 1.87. The Labute approximate surface area is 162 Å². The minimum Gasteiger partial charge on any atom is -0.317 e. The zero-order chi connectivity index (χ0) is 20.4. The maximum atomic E-state index is 13.0. The third-order valence-corrected chi connectivity index (χ3v) is 5.39. The standard InChI is InChI=1S/C18H17ClF3N5O/c1-17(23,9-3-6-11(12(19)7-9)18(20,21)22)15-13-14(25-26(15)2)16(28)27(8-24-13)10-4-5-10/h3,6-8,10H,4-5,23H2,1-2H3/t17-/m1/s1. The molecule has 1 atom stereocenters. The average molecular weight is 412 g/mol. The van der Waals surface area contributed by atoms with Crippen LogP contribution in [0.3, 0.4) is 0 Å². The summed E-state index contributed by atoms with van der Waals surface area (Å²) in [6.07, 6.45) is -1.24. The third-order valence-electron chi connectivity index (χ3n) is 5.08. The van der Waals surface area contributed by atoms with Gasteiger partial charge < -0.3 is 5.73 Å². The number of aryl methyl sites for hydroxylation is 1. The summed E-state index contributed by atoms with van der Waals surface area (Å²) in [6, 6.07) is 3.51. The lowest BCUT2D eigenvalue weighted by molar-refractivity contribution is -0.137. The van der Waals surface area contributed by atoms with E-state index in [1.165, 1.54) is 23.1 Å². The maximum absolute atomic E-state index is 13.0. The van der Waals surface area contributed by atoms with Crippen LogP contribution in [0.1, 0.15) is 42.6 Å². The first-order chi connectivity index (χ1) is 13.0. The Kier molecular flexibility index (Phi) is 4.10. The summed E-state index contributed by atoms with van der Waals surface area (Å²) in [5.74, 6) is 0. The summed E-state index contributed by atoms with van der Waals surface area (Å²) in [4.78, 5) is 17.1. The van der Waals surface area contributed by atoms with Crippen molar-refractivity contribution >= 4 is 22.6 Å². The van der Waals surface area contributed by atoms with Gasteiger partial charge >= 0.3 is 6.18 Å². The van der Waals surface area contributed by atoms with Crippen LogP contribution in [-0.2, 0) is 18.8 Å². The number of nitrogens with zero attached hydrogens (tertiary/aromatic N) is 4. The highest BCUT2D eigenvalue weighted by Gasteiger charge is 2.37. The topological polar surface area (TPSA) is 78.7 Å². The molecule has 1 aliphatic rings. The first kappa shape index (κ1) is 18.9. The van der Waals surface area contributed by atoms with Gasteiger partial charge in [0.05, 0.1) is 28.1 Å². The SMILES string of the molecule is Cn1nc2c(=O)n(C3CC3)cnc2c1[C@](C)(N)c1ccc(C(F)(F)F)c(Cl)c1. The van der Waals surface area contributed by atoms with Crippen LogP contribution in [0.5, 0.6) is 0 Å². The zero-order valence-corrected chi connectivity index (χ0v) is 15.8. The number of hydrogen-bond acceptors (Lipinski definition) is 4. The average Bonchev–Trinajstić information content (AvgIpc) is 3.36. The van der Waals surface area contributed by atoms with Crippen molar-refractivity contribution in [3.05, 3.63) is 56.7 Å². The van der Waals surface area contributed by atoms with E-state index >= 15 is 0 Å². The summed E-state index contributed by atoms with van der Waals surface area (Å²) < 4.78 is 42.0. The van der Waals surface area contributed by atoms with E-state index < -0.39 is 22.3 Å². The highest BCUT2D eigenvalue weighted by molar-refractivity contribution is 6.31. The van der Waals surface area contributed by atoms with Gasteiger partial charge in [0.1, 0.15) is 5.52 Å². The molecular formula is C18H17ClF3N5O. The number of benzene rings is 1. The molecule has 2 N–H and O–H groups in total. The van der Waals surface area contributed by atoms with Crippen LogP contribution >= 0.6 is 11.6 Å². The van der Waals surface area contributed by atoms with Crippen molar-refractivity contribution in [3.8, 4) is 0 Å². The van der Waals surface area contributed by atoms with Gasteiger partial charge in [-0.3, -0.25) is 14.0 Å². The van der Waals surface area contributed by atoms with Crippen LogP contribution in [0.4, 0.5) is 13.2 Å². The van der Waals surface area contributed by atoms with Gasteiger partial charge in [-0.05, 0) is 37.5 Å². The van der Waals surface area contributed by atoms with Crippen molar-refractivity contribution in [2.24, 2.45) is 12.8 Å². The fraction of sp³-hybridized carbons (Fsp3) is 0.389.